The predicted molar refractivity (Wildman–Crippen MR) is 101 cm³/mol. The molecule has 1 fully saturated rings. The van der Waals surface area contributed by atoms with E-state index < -0.39 is 15.9 Å². The lowest BCUT2D eigenvalue weighted by molar-refractivity contribution is 0.0722. The van der Waals surface area contributed by atoms with Gasteiger partial charge >= 0.3 is 7.60 Å². The third-order valence-electron chi connectivity index (χ3n) is 4.72. The normalized spacial score (nSPS) is 23.8. The summed E-state index contributed by atoms with van der Waals surface area (Å²) in [5.74, 6) is 1.61. The maximum Gasteiger partial charge on any atom is 0.354 e. The molecule has 0 spiro atoms. The summed E-state index contributed by atoms with van der Waals surface area (Å²) < 4.78 is 35.9. The summed E-state index contributed by atoms with van der Waals surface area (Å²) in [6.07, 6.45) is 0.669. The average molecular weight is 379 g/mol. The van der Waals surface area contributed by atoms with E-state index in [1.54, 1.807) is 5.82 Å². The maximum atomic E-state index is 12.7. The standard InChI is InChI=1S/C17H35O5PSi/c1-9-20-23(18,21-10-2)13-14(3)16-15(11-12-19-16)22-24(7,8)17(4,5)6/h13,15-16H,9-12H2,1-8H3/b14-13+/t15?,16-/m1/s1. The van der Waals surface area contributed by atoms with Crippen LogP contribution >= 0.6 is 7.60 Å². The molecule has 0 N–H and O–H groups in total. The Labute approximate surface area is 148 Å². The van der Waals surface area contributed by atoms with Crippen molar-refractivity contribution in [1.82, 2.24) is 0 Å². The van der Waals surface area contributed by atoms with Crippen LogP contribution in [0.2, 0.25) is 18.1 Å². The largest absolute Gasteiger partial charge is 0.411 e. The molecule has 0 bridgehead atoms. The second kappa shape index (κ2) is 8.61. The molecule has 1 aliphatic heterocycles. The number of rotatable bonds is 8. The highest BCUT2D eigenvalue weighted by Crippen LogP contribution is 2.51. The van der Waals surface area contributed by atoms with Crippen molar-refractivity contribution in [2.24, 2.45) is 0 Å². The summed E-state index contributed by atoms with van der Waals surface area (Å²) in [5.41, 5.74) is 0.862. The molecule has 1 rings (SSSR count). The predicted octanol–water partition coefficient (Wildman–Crippen LogP) is 5.34. The lowest BCUT2D eigenvalue weighted by atomic mass is 10.1. The van der Waals surface area contributed by atoms with Gasteiger partial charge in [0.1, 0.15) is 6.10 Å². The van der Waals surface area contributed by atoms with Crippen molar-refractivity contribution in [3.63, 3.8) is 0 Å². The smallest absolute Gasteiger partial charge is 0.354 e. The Hall–Kier alpha value is 0.0269. The summed E-state index contributed by atoms with van der Waals surface area (Å²) in [4.78, 5) is 0. The van der Waals surface area contributed by atoms with Gasteiger partial charge in [-0.15, -0.1) is 0 Å². The van der Waals surface area contributed by atoms with Crippen LogP contribution < -0.4 is 0 Å². The quantitative estimate of drug-likeness (QED) is 0.422. The summed E-state index contributed by atoms with van der Waals surface area (Å²) in [5, 5.41) is 0.143. The van der Waals surface area contributed by atoms with Gasteiger partial charge in [0, 0.05) is 5.82 Å². The highest BCUT2D eigenvalue weighted by molar-refractivity contribution is 7.57. The molecule has 1 saturated heterocycles. The van der Waals surface area contributed by atoms with Crippen LogP contribution in [0.3, 0.4) is 0 Å². The number of ether oxygens (including phenoxy) is 1. The van der Waals surface area contributed by atoms with Crippen LogP contribution in [0.4, 0.5) is 0 Å². The highest BCUT2D eigenvalue weighted by atomic mass is 31.2. The van der Waals surface area contributed by atoms with Crippen molar-refractivity contribution < 1.29 is 22.8 Å². The van der Waals surface area contributed by atoms with E-state index in [1.807, 2.05) is 20.8 Å². The van der Waals surface area contributed by atoms with E-state index in [0.29, 0.717) is 19.8 Å². The monoisotopic (exact) mass is 378 g/mol. The molecule has 7 heteroatoms. The Morgan fingerprint density at radius 2 is 1.79 bits per heavy atom. The Morgan fingerprint density at radius 3 is 2.25 bits per heavy atom. The second-order valence-corrected chi connectivity index (χ2v) is 14.4. The molecule has 142 valence electrons. The van der Waals surface area contributed by atoms with Crippen LogP contribution in [0.25, 0.3) is 0 Å². The van der Waals surface area contributed by atoms with Crippen molar-refractivity contribution in [2.75, 3.05) is 19.8 Å². The molecule has 0 radical (unpaired) electrons. The molecule has 0 aromatic rings. The minimum Gasteiger partial charge on any atom is -0.411 e. The van der Waals surface area contributed by atoms with E-state index in [1.165, 1.54) is 0 Å². The Balaban J connectivity index is 2.94. The van der Waals surface area contributed by atoms with Crippen LogP contribution in [0.15, 0.2) is 11.4 Å². The maximum absolute atomic E-state index is 12.7. The van der Waals surface area contributed by atoms with E-state index in [4.69, 9.17) is 18.2 Å². The third kappa shape index (κ3) is 5.79. The Bertz CT molecular complexity index is 474. The van der Waals surface area contributed by atoms with Crippen LogP contribution in [-0.2, 0) is 22.8 Å². The van der Waals surface area contributed by atoms with E-state index in [9.17, 15) is 4.57 Å². The molecule has 1 aliphatic rings. The molecular weight excluding hydrogens is 343 g/mol. The van der Waals surface area contributed by atoms with E-state index in [0.717, 1.165) is 12.0 Å². The summed E-state index contributed by atoms with van der Waals surface area (Å²) in [6, 6.07) is 0. The van der Waals surface area contributed by atoms with Crippen LogP contribution in [0.1, 0.15) is 48.0 Å². The first-order valence-electron chi connectivity index (χ1n) is 8.83. The molecule has 0 aromatic carbocycles. The lowest BCUT2D eigenvalue weighted by Gasteiger charge is -2.39. The molecule has 0 saturated carbocycles. The topological polar surface area (TPSA) is 54.0 Å². The van der Waals surface area contributed by atoms with Crippen LogP contribution in [0.5, 0.6) is 0 Å². The van der Waals surface area contributed by atoms with Crippen molar-refractivity contribution in [3.05, 3.63) is 11.4 Å². The molecule has 1 unspecified atom stereocenters. The summed E-state index contributed by atoms with van der Waals surface area (Å²) in [6.45, 7) is 18.0. The van der Waals surface area contributed by atoms with Gasteiger partial charge in [0.15, 0.2) is 8.32 Å². The Kier molecular flexibility index (Phi) is 7.91. The third-order valence-corrected chi connectivity index (χ3v) is 11.2. The zero-order valence-corrected chi connectivity index (χ0v) is 18.4. The molecule has 0 amide bonds. The van der Waals surface area contributed by atoms with Crippen molar-refractivity contribution >= 4 is 15.9 Å². The van der Waals surface area contributed by atoms with Gasteiger partial charge in [-0.05, 0) is 50.9 Å². The van der Waals surface area contributed by atoms with Crippen LogP contribution in [-0.4, -0.2) is 40.3 Å². The highest BCUT2D eigenvalue weighted by Gasteiger charge is 2.43. The fraction of sp³-hybridized carbons (Fsp3) is 0.882. The van der Waals surface area contributed by atoms with Gasteiger partial charge in [-0.3, -0.25) is 4.57 Å². The molecule has 0 aliphatic carbocycles. The molecule has 0 aromatic heterocycles. The molecule has 24 heavy (non-hydrogen) atoms. The average Bonchev–Trinajstić information content (AvgIpc) is 2.85. The first-order chi connectivity index (χ1) is 11.0. The van der Waals surface area contributed by atoms with Gasteiger partial charge < -0.3 is 18.2 Å². The van der Waals surface area contributed by atoms with Gasteiger partial charge in [-0.2, -0.15) is 0 Å². The molecule has 1 heterocycles. The second-order valence-electron chi connectivity index (χ2n) is 7.75. The first-order valence-corrected chi connectivity index (χ1v) is 13.4. The minimum atomic E-state index is -3.22. The van der Waals surface area contributed by atoms with E-state index in [2.05, 4.69) is 33.9 Å². The Morgan fingerprint density at radius 1 is 1.25 bits per heavy atom. The minimum absolute atomic E-state index is 0.00107. The van der Waals surface area contributed by atoms with Gasteiger partial charge in [-0.25, -0.2) is 0 Å². The fourth-order valence-corrected chi connectivity index (χ4v) is 5.41. The zero-order valence-electron chi connectivity index (χ0n) is 16.5. The van der Waals surface area contributed by atoms with E-state index >= 15 is 0 Å². The molecule has 5 nitrogen and oxygen atoms in total. The van der Waals surface area contributed by atoms with Gasteiger partial charge in [0.2, 0.25) is 0 Å². The van der Waals surface area contributed by atoms with Gasteiger partial charge in [0.05, 0.1) is 25.9 Å². The molecular formula is C17H35O5PSi. The van der Waals surface area contributed by atoms with Crippen molar-refractivity contribution in [3.8, 4) is 0 Å². The first kappa shape index (κ1) is 22.1. The fourth-order valence-electron chi connectivity index (χ4n) is 2.47. The van der Waals surface area contributed by atoms with Gasteiger partial charge in [-0.1, -0.05) is 20.8 Å². The lowest BCUT2D eigenvalue weighted by Crippen LogP contribution is -2.46. The van der Waals surface area contributed by atoms with Crippen molar-refractivity contribution in [1.29, 1.82) is 0 Å². The number of hydrogen-bond acceptors (Lipinski definition) is 5. The summed E-state index contributed by atoms with van der Waals surface area (Å²) >= 11 is 0. The number of hydrogen-bond donors (Lipinski definition) is 0. The zero-order chi connectivity index (χ0) is 18.6. The van der Waals surface area contributed by atoms with Gasteiger partial charge in [0.25, 0.3) is 0 Å². The van der Waals surface area contributed by atoms with Crippen molar-refractivity contribution in [2.45, 2.75) is 78.3 Å². The SMILES string of the molecule is CCOP(=O)(/C=C(\C)[C@H]1OCCC1O[Si](C)(C)C(C)(C)C)OCC. The summed E-state index contributed by atoms with van der Waals surface area (Å²) in [7, 11) is -5.11. The van der Waals surface area contributed by atoms with Crippen LogP contribution in [0, 0.1) is 0 Å². The molecule has 2 atom stereocenters. The van der Waals surface area contributed by atoms with E-state index in [-0.39, 0.29) is 17.2 Å².